The van der Waals surface area contributed by atoms with Gasteiger partial charge in [0, 0.05) is 11.9 Å². The Hall–Kier alpha value is -1.91. The van der Waals surface area contributed by atoms with Crippen LogP contribution in [0, 0.1) is 5.82 Å². The van der Waals surface area contributed by atoms with E-state index in [9.17, 15) is 9.18 Å². The molecule has 0 saturated carbocycles. The fourth-order valence-electron chi connectivity index (χ4n) is 1.54. The van der Waals surface area contributed by atoms with Crippen molar-refractivity contribution < 1.29 is 14.3 Å². The summed E-state index contributed by atoms with van der Waals surface area (Å²) in [5.41, 5.74) is 0.290. The summed E-state index contributed by atoms with van der Waals surface area (Å²) in [5, 5.41) is 13.2. The zero-order chi connectivity index (χ0) is 11.0. The van der Waals surface area contributed by atoms with E-state index in [0.717, 1.165) is 6.07 Å². The number of hydrogen-bond acceptors (Lipinski definition) is 2. The second-order valence-electron chi connectivity index (χ2n) is 3.16. The van der Waals surface area contributed by atoms with Gasteiger partial charge in [0.25, 0.3) is 0 Å². The number of nitrogens with zero attached hydrogens (tertiary/aromatic N) is 2. The van der Waals surface area contributed by atoms with Crippen LogP contribution in [0.4, 0.5) is 4.39 Å². The Bertz CT molecular complexity index is 533. The standard InChI is InChI=1S/C10H9FN2O2/c1-2-13-9-7(5-12-13)3-6(10(14)15)4-8(9)11/h3-5H,2H2,1H3,(H,14,15). The summed E-state index contributed by atoms with van der Waals surface area (Å²) in [5.74, 6) is -1.69. The summed E-state index contributed by atoms with van der Waals surface area (Å²) in [7, 11) is 0. The van der Waals surface area contributed by atoms with Crippen LogP contribution >= 0.6 is 0 Å². The van der Waals surface area contributed by atoms with E-state index >= 15 is 0 Å². The molecule has 0 amide bonds. The Labute approximate surface area is 84.9 Å². The summed E-state index contributed by atoms with van der Waals surface area (Å²) in [6, 6.07) is 2.43. The molecule has 4 nitrogen and oxygen atoms in total. The van der Waals surface area contributed by atoms with Crippen LogP contribution in [0.5, 0.6) is 0 Å². The Kier molecular flexibility index (Phi) is 2.15. The van der Waals surface area contributed by atoms with E-state index in [4.69, 9.17) is 5.11 Å². The highest BCUT2D eigenvalue weighted by Crippen LogP contribution is 2.19. The molecule has 1 aromatic carbocycles. The van der Waals surface area contributed by atoms with Crippen LogP contribution in [0.25, 0.3) is 10.9 Å². The first-order valence-electron chi connectivity index (χ1n) is 4.52. The van der Waals surface area contributed by atoms with Gasteiger partial charge in [-0.1, -0.05) is 0 Å². The highest BCUT2D eigenvalue weighted by Gasteiger charge is 2.12. The van der Waals surface area contributed by atoms with Crippen LogP contribution in [0.3, 0.4) is 0 Å². The topological polar surface area (TPSA) is 55.1 Å². The minimum Gasteiger partial charge on any atom is -0.478 e. The van der Waals surface area contributed by atoms with E-state index in [1.165, 1.54) is 16.9 Å². The largest absolute Gasteiger partial charge is 0.478 e. The highest BCUT2D eigenvalue weighted by atomic mass is 19.1. The molecule has 0 bridgehead atoms. The number of carboxylic acid groups (broad SMARTS) is 1. The summed E-state index contributed by atoms with van der Waals surface area (Å²) in [6.45, 7) is 2.39. The molecule has 1 aromatic heterocycles. The van der Waals surface area contributed by atoms with Crippen molar-refractivity contribution in [1.29, 1.82) is 0 Å². The monoisotopic (exact) mass is 208 g/mol. The lowest BCUT2D eigenvalue weighted by Crippen LogP contribution is -2.00. The van der Waals surface area contributed by atoms with Gasteiger partial charge >= 0.3 is 5.97 Å². The van der Waals surface area contributed by atoms with E-state index in [0.29, 0.717) is 17.4 Å². The number of halogens is 1. The molecule has 0 atom stereocenters. The quantitative estimate of drug-likeness (QED) is 0.819. The molecule has 0 aliphatic rings. The number of rotatable bonds is 2. The van der Waals surface area contributed by atoms with Gasteiger partial charge in [0.15, 0.2) is 0 Å². The first-order valence-corrected chi connectivity index (χ1v) is 4.52. The Morgan fingerprint density at radius 3 is 2.93 bits per heavy atom. The van der Waals surface area contributed by atoms with Gasteiger partial charge in [-0.25, -0.2) is 9.18 Å². The van der Waals surface area contributed by atoms with Gasteiger partial charge in [-0.3, -0.25) is 4.68 Å². The lowest BCUT2D eigenvalue weighted by atomic mass is 10.1. The fraction of sp³-hybridized carbons (Fsp3) is 0.200. The number of carboxylic acids is 1. The summed E-state index contributed by atoms with van der Waals surface area (Å²) in [4.78, 5) is 10.7. The zero-order valence-electron chi connectivity index (χ0n) is 8.07. The molecule has 0 radical (unpaired) electrons. The summed E-state index contributed by atoms with van der Waals surface area (Å²) in [6.07, 6.45) is 1.47. The SMILES string of the molecule is CCn1ncc2cc(C(=O)O)cc(F)c21. The van der Waals surface area contributed by atoms with E-state index < -0.39 is 11.8 Å². The van der Waals surface area contributed by atoms with Crippen molar-refractivity contribution in [2.75, 3.05) is 0 Å². The second kappa shape index (κ2) is 3.34. The molecule has 2 rings (SSSR count). The third-order valence-electron chi connectivity index (χ3n) is 2.23. The molecule has 1 N–H and O–H groups in total. The molecular formula is C10H9FN2O2. The Balaban J connectivity index is 2.74. The molecule has 15 heavy (non-hydrogen) atoms. The normalized spacial score (nSPS) is 10.8. The Morgan fingerprint density at radius 1 is 1.60 bits per heavy atom. The van der Waals surface area contributed by atoms with Gasteiger partial charge in [-0.15, -0.1) is 0 Å². The molecule has 0 unspecified atom stereocenters. The van der Waals surface area contributed by atoms with Crippen molar-refractivity contribution in [2.24, 2.45) is 0 Å². The molecule has 0 fully saturated rings. The van der Waals surface area contributed by atoms with Gasteiger partial charge in [-0.05, 0) is 19.1 Å². The van der Waals surface area contributed by atoms with Crippen molar-refractivity contribution in [1.82, 2.24) is 9.78 Å². The minimum absolute atomic E-state index is 0.0596. The minimum atomic E-state index is -1.14. The number of aromatic carboxylic acids is 1. The van der Waals surface area contributed by atoms with E-state index in [1.54, 1.807) is 0 Å². The lowest BCUT2D eigenvalue weighted by molar-refractivity contribution is 0.0696. The van der Waals surface area contributed by atoms with Crippen LogP contribution in [0.1, 0.15) is 17.3 Å². The average molecular weight is 208 g/mol. The zero-order valence-corrected chi connectivity index (χ0v) is 8.07. The molecule has 5 heteroatoms. The molecule has 2 aromatic rings. The van der Waals surface area contributed by atoms with Gasteiger partial charge in [0.2, 0.25) is 0 Å². The molecule has 0 aliphatic heterocycles. The maximum Gasteiger partial charge on any atom is 0.335 e. The molecular weight excluding hydrogens is 199 g/mol. The average Bonchev–Trinajstić information content (AvgIpc) is 2.60. The van der Waals surface area contributed by atoms with Crippen molar-refractivity contribution in [2.45, 2.75) is 13.5 Å². The van der Waals surface area contributed by atoms with E-state index in [1.807, 2.05) is 6.92 Å². The molecule has 78 valence electrons. The molecule has 1 heterocycles. The van der Waals surface area contributed by atoms with Gasteiger partial charge in [0.05, 0.1) is 11.8 Å². The number of hydrogen-bond donors (Lipinski definition) is 1. The van der Waals surface area contributed by atoms with Crippen molar-refractivity contribution in [3.05, 3.63) is 29.7 Å². The van der Waals surface area contributed by atoms with E-state index in [2.05, 4.69) is 5.10 Å². The molecule has 0 saturated heterocycles. The smallest absolute Gasteiger partial charge is 0.335 e. The number of aryl methyl sites for hydroxylation is 1. The van der Waals surface area contributed by atoms with Crippen LogP contribution < -0.4 is 0 Å². The van der Waals surface area contributed by atoms with Crippen LogP contribution in [0.2, 0.25) is 0 Å². The van der Waals surface area contributed by atoms with Crippen LogP contribution in [0.15, 0.2) is 18.3 Å². The lowest BCUT2D eigenvalue weighted by Gasteiger charge is -2.01. The van der Waals surface area contributed by atoms with Crippen molar-refractivity contribution in [3.63, 3.8) is 0 Å². The predicted molar refractivity (Wildman–Crippen MR) is 52.3 cm³/mol. The van der Waals surface area contributed by atoms with Crippen LogP contribution in [-0.4, -0.2) is 20.9 Å². The maximum atomic E-state index is 13.6. The fourth-order valence-corrected chi connectivity index (χ4v) is 1.54. The number of aromatic nitrogens is 2. The Morgan fingerprint density at radius 2 is 2.33 bits per heavy atom. The third-order valence-corrected chi connectivity index (χ3v) is 2.23. The highest BCUT2D eigenvalue weighted by molar-refractivity contribution is 5.93. The second-order valence-corrected chi connectivity index (χ2v) is 3.16. The first kappa shape index (κ1) is 9.64. The molecule has 0 spiro atoms. The van der Waals surface area contributed by atoms with Crippen molar-refractivity contribution >= 4 is 16.9 Å². The van der Waals surface area contributed by atoms with Crippen LogP contribution in [-0.2, 0) is 6.54 Å². The van der Waals surface area contributed by atoms with E-state index in [-0.39, 0.29) is 5.56 Å². The summed E-state index contributed by atoms with van der Waals surface area (Å²) >= 11 is 0. The van der Waals surface area contributed by atoms with Gasteiger partial charge in [-0.2, -0.15) is 5.10 Å². The number of benzene rings is 1. The third kappa shape index (κ3) is 1.45. The van der Waals surface area contributed by atoms with Crippen molar-refractivity contribution in [3.8, 4) is 0 Å². The van der Waals surface area contributed by atoms with Gasteiger partial charge in [0.1, 0.15) is 11.3 Å². The summed E-state index contributed by atoms with van der Waals surface area (Å²) < 4.78 is 15.1. The van der Waals surface area contributed by atoms with Gasteiger partial charge < -0.3 is 5.11 Å². The first-order chi connectivity index (χ1) is 7.13. The molecule has 0 aliphatic carbocycles. The number of fused-ring (bicyclic) bond motifs is 1. The number of carbonyl (C=O) groups is 1. The maximum absolute atomic E-state index is 13.6. The predicted octanol–water partition coefficient (Wildman–Crippen LogP) is 1.89.